The molecule has 0 aliphatic rings. The predicted molar refractivity (Wildman–Crippen MR) is 74.3 cm³/mol. The first kappa shape index (κ1) is 13.4. The van der Waals surface area contributed by atoms with E-state index >= 15 is 0 Å². The second kappa shape index (κ2) is 5.05. The van der Waals surface area contributed by atoms with Crippen LogP contribution in [0.2, 0.25) is 0 Å². The number of nitrogen functional groups attached to an aromatic ring is 1. The molecule has 0 spiro atoms. The van der Waals surface area contributed by atoms with Gasteiger partial charge >= 0.3 is 0 Å². The van der Waals surface area contributed by atoms with E-state index in [0.717, 1.165) is 6.07 Å². The average molecular weight is 289 g/mol. The zero-order valence-corrected chi connectivity index (χ0v) is 10.7. The van der Waals surface area contributed by atoms with Gasteiger partial charge in [-0.05, 0) is 36.4 Å². The Morgan fingerprint density at radius 3 is 2.62 bits per heavy atom. The number of nitrogens with two attached hydrogens (primary N) is 1. The zero-order chi connectivity index (χ0) is 15.0. The largest absolute Gasteiger partial charge is 0.384 e. The first-order valence-electron chi connectivity index (χ1n) is 6.15. The highest BCUT2D eigenvalue weighted by atomic mass is 19.3. The number of halogens is 3. The Bertz CT molecular complexity index is 818. The molecule has 2 heterocycles. The molecule has 0 radical (unpaired) electrons. The summed E-state index contributed by atoms with van der Waals surface area (Å²) in [6.45, 7) is 0. The van der Waals surface area contributed by atoms with Gasteiger partial charge in [-0.25, -0.2) is 18.2 Å². The number of benzene rings is 1. The third-order valence-electron chi connectivity index (χ3n) is 3.10. The maximum atomic E-state index is 13.4. The van der Waals surface area contributed by atoms with Crippen molar-refractivity contribution in [1.29, 1.82) is 0 Å². The van der Waals surface area contributed by atoms with Gasteiger partial charge in [0.1, 0.15) is 11.6 Å². The summed E-state index contributed by atoms with van der Waals surface area (Å²) in [7, 11) is 0. The predicted octanol–water partition coefficient (Wildman–Crippen LogP) is 3.96. The summed E-state index contributed by atoms with van der Waals surface area (Å²) in [5.74, 6) is -0.445. The van der Waals surface area contributed by atoms with E-state index in [4.69, 9.17) is 5.73 Å². The zero-order valence-electron chi connectivity index (χ0n) is 10.7. The molecule has 0 amide bonds. The van der Waals surface area contributed by atoms with Crippen molar-refractivity contribution in [2.45, 2.75) is 6.43 Å². The fraction of sp³-hybridized carbons (Fsp3) is 0.0667. The molecule has 0 bridgehead atoms. The number of rotatable bonds is 2. The number of pyridine rings is 2. The normalized spacial score (nSPS) is 11.2. The van der Waals surface area contributed by atoms with Crippen LogP contribution in [0.4, 0.5) is 19.0 Å². The highest BCUT2D eigenvalue weighted by molar-refractivity contribution is 5.93. The summed E-state index contributed by atoms with van der Waals surface area (Å²) in [5, 5.41) is 0.496. The standard InChI is InChI=1S/C15H10F3N3/c16-9-1-2-12-11(7-9)10(3-4-20-12)13-5-8(15(17)18)6-14(19)21-13/h1-7,15H,(H2,19,21). The van der Waals surface area contributed by atoms with Gasteiger partial charge in [0.15, 0.2) is 0 Å². The fourth-order valence-electron chi connectivity index (χ4n) is 2.18. The monoisotopic (exact) mass is 289 g/mol. The topological polar surface area (TPSA) is 51.8 Å². The summed E-state index contributed by atoms with van der Waals surface area (Å²) < 4.78 is 39.2. The third kappa shape index (κ3) is 2.52. The van der Waals surface area contributed by atoms with E-state index < -0.39 is 12.2 Å². The second-order valence-corrected chi connectivity index (χ2v) is 4.53. The minimum atomic E-state index is -2.65. The van der Waals surface area contributed by atoms with E-state index in [9.17, 15) is 13.2 Å². The van der Waals surface area contributed by atoms with Crippen LogP contribution in [0.1, 0.15) is 12.0 Å². The summed E-state index contributed by atoms with van der Waals surface area (Å²) in [5.41, 5.74) is 6.68. The van der Waals surface area contributed by atoms with Gasteiger partial charge in [0.2, 0.25) is 0 Å². The number of anilines is 1. The molecule has 3 aromatic rings. The molecule has 2 aromatic heterocycles. The maximum absolute atomic E-state index is 13.4. The van der Waals surface area contributed by atoms with Crippen molar-refractivity contribution in [1.82, 2.24) is 9.97 Å². The molecule has 0 saturated carbocycles. The van der Waals surface area contributed by atoms with Crippen LogP contribution in [0, 0.1) is 5.82 Å². The van der Waals surface area contributed by atoms with Crippen molar-refractivity contribution >= 4 is 16.7 Å². The summed E-state index contributed by atoms with van der Waals surface area (Å²) in [6, 6.07) is 8.08. The molecule has 21 heavy (non-hydrogen) atoms. The molecule has 0 aliphatic carbocycles. The number of hydrogen-bond donors (Lipinski definition) is 1. The van der Waals surface area contributed by atoms with Gasteiger partial charge in [-0.1, -0.05) is 0 Å². The van der Waals surface area contributed by atoms with Crippen molar-refractivity contribution in [3.63, 3.8) is 0 Å². The lowest BCUT2D eigenvalue weighted by molar-refractivity contribution is 0.151. The first-order valence-corrected chi connectivity index (χ1v) is 6.15. The van der Waals surface area contributed by atoms with Crippen LogP contribution in [0.3, 0.4) is 0 Å². The van der Waals surface area contributed by atoms with Crippen molar-refractivity contribution in [3.8, 4) is 11.3 Å². The molecule has 1 aromatic carbocycles. The lowest BCUT2D eigenvalue weighted by atomic mass is 10.0. The van der Waals surface area contributed by atoms with Crippen molar-refractivity contribution < 1.29 is 13.2 Å². The molecule has 0 saturated heterocycles. The van der Waals surface area contributed by atoms with Crippen LogP contribution in [0.25, 0.3) is 22.2 Å². The number of nitrogens with zero attached hydrogens (tertiary/aromatic N) is 2. The highest BCUT2D eigenvalue weighted by Crippen LogP contribution is 2.30. The SMILES string of the molecule is Nc1cc(C(F)F)cc(-c2ccnc3ccc(F)cc23)n1. The first-order chi connectivity index (χ1) is 10.0. The van der Waals surface area contributed by atoms with Crippen LogP contribution in [-0.4, -0.2) is 9.97 Å². The van der Waals surface area contributed by atoms with Crippen molar-refractivity contribution in [2.24, 2.45) is 0 Å². The Hall–Kier alpha value is -2.63. The van der Waals surface area contributed by atoms with E-state index in [1.807, 2.05) is 0 Å². The molecular weight excluding hydrogens is 279 g/mol. The molecule has 2 N–H and O–H groups in total. The molecule has 0 atom stereocenters. The molecule has 3 nitrogen and oxygen atoms in total. The van der Waals surface area contributed by atoms with Crippen LogP contribution < -0.4 is 5.73 Å². The Morgan fingerprint density at radius 1 is 1.05 bits per heavy atom. The number of alkyl halides is 2. The summed E-state index contributed by atoms with van der Waals surface area (Å²) in [4.78, 5) is 8.18. The van der Waals surface area contributed by atoms with Gasteiger partial charge in [0.25, 0.3) is 6.43 Å². The smallest absolute Gasteiger partial charge is 0.264 e. The molecule has 106 valence electrons. The van der Waals surface area contributed by atoms with Crippen molar-refractivity contribution in [3.05, 3.63) is 54.0 Å². The molecule has 6 heteroatoms. The molecule has 0 fully saturated rings. The maximum Gasteiger partial charge on any atom is 0.264 e. The summed E-state index contributed by atoms with van der Waals surface area (Å²) >= 11 is 0. The van der Waals surface area contributed by atoms with Gasteiger partial charge < -0.3 is 5.73 Å². The molecule has 0 aliphatic heterocycles. The average Bonchev–Trinajstić information content (AvgIpc) is 2.45. The van der Waals surface area contributed by atoms with E-state index in [1.165, 1.54) is 30.5 Å². The second-order valence-electron chi connectivity index (χ2n) is 4.53. The van der Waals surface area contributed by atoms with Gasteiger partial charge in [-0.3, -0.25) is 4.98 Å². The van der Waals surface area contributed by atoms with Crippen LogP contribution in [0.15, 0.2) is 42.6 Å². The Balaban J connectivity index is 2.27. The van der Waals surface area contributed by atoms with E-state index in [1.54, 1.807) is 6.07 Å². The Labute approximate surface area is 118 Å². The van der Waals surface area contributed by atoms with Crippen LogP contribution >= 0.6 is 0 Å². The van der Waals surface area contributed by atoms with E-state index in [-0.39, 0.29) is 17.1 Å². The number of fused-ring (bicyclic) bond motifs is 1. The van der Waals surface area contributed by atoms with Gasteiger partial charge in [-0.15, -0.1) is 0 Å². The van der Waals surface area contributed by atoms with Gasteiger partial charge in [0.05, 0.1) is 11.2 Å². The lowest BCUT2D eigenvalue weighted by Crippen LogP contribution is -1.97. The Kier molecular flexibility index (Phi) is 3.21. The van der Waals surface area contributed by atoms with Crippen LogP contribution in [0.5, 0.6) is 0 Å². The van der Waals surface area contributed by atoms with Crippen LogP contribution in [-0.2, 0) is 0 Å². The Morgan fingerprint density at radius 2 is 1.86 bits per heavy atom. The van der Waals surface area contributed by atoms with Gasteiger partial charge in [0, 0.05) is 22.7 Å². The molecular formula is C15H10F3N3. The fourth-order valence-corrected chi connectivity index (χ4v) is 2.18. The lowest BCUT2D eigenvalue weighted by Gasteiger charge is -2.09. The molecule has 3 rings (SSSR count). The summed E-state index contributed by atoms with van der Waals surface area (Å²) in [6.07, 6.45) is -1.14. The van der Waals surface area contributed by atoms with E-state index in [0.29, 0.717) is 16.5 Å². The minimum absolute atomic E-state index is 0.0100. The quantitative estimate of drug-likeness (QED) is 0.777. The third-order valence-corrected chi connectivity index (χ3v) is 3.10. The minimum Gasteiger partial charge on any atom is -0.384 e. The molecule has 0 unspecified atom stereocenters. The number of aromatic nitrogens is 2. The number of hydrogen-bond acceptors (Lipinski definition) is 3. The highest BCUT2D eigenvalue weighted by Gasteiger charge is 2.13. The van der Waals surface area contributed by atoms with E-state index in [2.05, 4.69) is 9.97 Å². The van der Waals surface area contributed by atoms with Gasteiger partial charge in [-0.2, -0.15) is 0 Å². The van der Waals surface area contributed by atoms with Crippen molar-refractivity contribution in [2.75, 3.05) is 5.73 Å².